The van der Waals surface area contributed by atoms with Crippen LogP contribution in [0.4, 0.5) is 0 Å². The summed E-state index contributed by atoms with van der Waals surface area (Å²) in [6.07, 6.45) is 0.699. The summed E-state index contributed by atoms with van der Waals surface area (Å²) >= 11 is 17.6. The standard InChI is InChI=1S/C15H11Cl3O/c16-12-3-1-2-10(6-12)7-13(19)8-11-4-5-14(17)15(18)9-11/h1-6,9H,7-8H2. The average Bonchev–Trinajstić information content (AvgIpc) is 2.34. The van der Waals surface area contributed by atoms with Gasteiger partial charge in [-0.2, -0.15) is 0 Å². The minimum atomic E-state index is 0.112. The Hall–Kier alpha value is -1.02. The number of hydrogen-bond donors (Lipinski definition) is 0. The molecule has 0 amide bonds. The van der Waals surface area contributed by atoms with Gasteiger partial charge in [0.2, 0.25) is 0 Å². The summed E-state index contributed by atoms with van der Waals surface area (Å²) in [4.78, 5) is 12.0. The molecule has 0 unspecified atom stereocenters. The molecule has 0 radical (unpaired) electrons. The number of ketones is 1. The lowest BCUT2D eigenvalue weighted by Gasteiger charge is -2.04. The van der Waals surface area contributed by atoms with E-state index in [1.807, 2.05) is 18.2 Å². The lowest BCUT2D eigenvalue weighted by Crippen LogP contribution is -2.06. The minimum Gasteiger partial charge on any atom is -0.299 e. The normalized spacial score (nSPS) is 10.5. The Bertz CT molecular complexity index is 608. The molecule has 19 heavy (non-hydrogen) atoms. The van der Waals surface area contributed by atoms with Crippen LogP contribution in [0.2, 0.25) is 15.1 Å². The Morgan fingerprint density at radius 3 is 2.16 bits per heavy atom. The molecule has 2 rings (SSSR count). The van der Waals surface area contributed by atoms with Crippen molar-refractivity contribution in [1.29, 1.82) is 0 Å². The van der Waals surface area contributed by atoms with Crippen LogP contribution in [0.5, 0.6) is 0 Å². The van der Waals surface area contributed by atoms with E-state index in [4.69, 9.17) is 34.8 Å². The van der Waals surface area contributed by atoms with Crippen molar-refractivity contribution in [2.24, 2.45) is 0 Å². The number of hydrogen-bond acceptors (Lipinski definition) is 1. The van der Waals surface area contributed by atoms with Gasteiger partial charge in [-0.05, 0) is 35.4 Å². The maximum absolute atomic E-state index is 12.0. The highest BCUT2D eigenvalue weighted by Crippen LogP contribution is 2.23. The van der Waals surface area contributed by atoms with E-state index in [2.05, 4.69) is 0 Å². The van der Waals surface area contributed by atoms with Gasteiger partial charge >= 0.3 is 0 Å². The van der Waals surface area contributed by atoms with Gasteiger partial charge < -0.3 is 0 Å². The fourth-order valence-corrected chi connectivity index (χ4v) is 2.35. The summed E-state index contributed by atoms with van der Waals surface area (Å²) in [5, 5.41) is 1.60. The van der Waals surface area contributed by atoms with Crippen molar-refractivity contribution in [3.05, 3.63) is 68.7 Å². The summed E-state index contributed by atoms with van der Waals surface area (Å²) in [6.45, 7) is 0. The topological polar surface area (TPSA) is 17.1 Å². The number of benzene rings is 2. The van der Waals surface area contributed by atoms with Crippen LogP contribution < -0.4 is 0 Å². The van der Waals surface area contributed by atoms with Gasteiger partial charge in [-0.25, -0.2) is 0 Å². The number of halogens is 3. The van der Waals surface area contributed by atoms with Crippen molar-refractivity contribution in [2.75, 3.05) is 0 Å². The van der Waals surface area contributed by atoms with Crippen molar-refractivity contribution in [3.8, 4) is 0 Å². The van der Waals surface area contributed by atoms with Crippen LogP contribution in [-0.4, -0.2) is 5.78 Å². The lowest BCUT2D eigenvalue weighted by atomic mass is 10.0. The first-order valence-electron chi connectivity index (χ1n) is 5.74. The highest BCUT2D eigenvalue weighted by Gasteiger charge is 2.07. The number of carbonyl (C=O) groups is 1. The molecule has 98 valence electrons. The summed E-state index contributed by atoms with van der Waals surface area (Å²) in [5.41, 5.74) is 1.78. The highest BCUT2D eigenvalue weighted by atomic mass is 35.5. The highest BCUT2D eigenvalue weighted by molar-refractivity contribution is 6.42. The van der Waals surface area contributed by atoms with Crippen LogP contribution in [0, 0.1) is 0 Å². The van der Waals surface area contributed by atoms with E-state index in [1.54, 1.807) is 24.3 Å². The van der Waals surface area contributed by atoms with E-state index >= 15 is 0 Å². The second-order valence-electron chi connectivity index (χ2n) is 4.27. The Balaban J connectivity index is 2.03. The Morgan fingerprint density at radius 2 is 1.53 bits per heavy atom. The van der Waals surface area contributed by atoms with Gasteiger partial charge in [-0.1, -0.05) is 53.0 Å². The largest absolute Gasteiger partial charge is 0.299 e. The van der Waals surface area contributed by atoms with E-state index in [0.717, 1.165) is 11.1 Å². The fourth-order valence-electron chi connectivity index (χ4n) is 1.81. The van der Waals surface area contributed by atoms with Gasteiger partial charge in [0.05, 0.1) is 10.0 Å². The van der Waals surface area contributed by atoms with Gasteiger partial charge in [0.15, 0.2) is 0 Å². The van der Waals surface area contributed by atoms with Gasteiger partial charge in [0.25, 0.3) is 0 Å². The lowest BCUT2D eigenvalue weighted by molar-refractivity contribution is -0.117. The van der Waals surface area contributed by atoms with Crippen molar-refractivity contribution < 1.29 is 4.79 Å². The zero-order valence-corrected chi connectivity index (χ0v) is 12.3. The van der Waals surface area contributed by atoms with Gasteiger partial charge in [-0.3, -0.25) is 4.79 Å². The van der Waals surface area contributed by atoms with E-state index in [0.29, 0.717) is 27.9 Å². The van der Waals surface area contributed by atoms with Crippen molar-refractivity contribution in [3.63, 3.8) is 0 Å². The molecule has 0 spiro atoms. The quantitative estimate of drug-likeness (QED) is 0.776. The average molecular weight is 314 g/mol. The SMILES string of the molecule is O=C(Cc1cccc(Cl)c1)Cc1ccc(Cl)c(Cl)c1. The molecule has 0 atom stereocenters. The zero-order valence-electron chi connectivity index (χ0n) is 10.00. The van der Waals surface area contributed by atoms with E-state index in [-0.39, 0.29) is 5.78 Å². The first kappa shape index (κ1) is 14.4. The molecule has 2 aromatic rings. The van der Waals surface area contributed by atoms with Gasteiger partial charge in [0.1, 0.15) is 5.78 Å². The van der Waals surface area contributed by atoms with Crippen LogP contribution in [0.1, 0.15) is 11.1 Å². The van der Waals surface area contributed by atoms with E-state index < -0.39 is 0 Å². The maximum atomic E-state index is 12.0. The van der Waals surface area contributed by atoms with Crippen molar-refractivity contribution in [1.82, 2.24) is 0 Å². The Kier molecular flexibility index (Phi) is 4.87. The minimum absolute atomic E-state index is 0.112. The molecule has 0 aliphatic heterocycles. The second kappa shape index (κ2) is 6.42. The molecule has 2 aromatic carbocycles. The fraction of sp³-hybridized carbons (Fsp3) is 0.133. The Morgan fingerprint density at radius 1 is 0.842 bits per heavy atom. The third-order valence-corrected chi connectivity index (χ3v) is 3.65. The third kappa shape index (κ3) is 4.24. The molecule has 1 nitrogen and oxygen atoms in total. The van der Waals surface area contributed by atoms with Crippen LogP contribution in [-0.2, 0) is 17.6 Å². The molecule has 0 heterocycles. The summed E-state index contributed by atoms with van der Waals surface area (Å²) in [7, 11) is 0. The molecule has 0 bridgehead atoms. The van der Waals surface area contributed by atoms with Crippen molar-refractivity contribution >= 4 is 40.6 Å². The molecular weight excluding hydrogens is 303 g/mol. The molecule has 0 fully saturated rings. The monoisotopic (exact) mass is 312 g/mol. The molecule has 0 saturated carbocycles. The maximum Gasteiger partial charge on any atom is 0.141 e. The predicted molar refractivity (Wildman–Crippen MR) is 80.3 cm³/mol. The first-order valence-corrected chi connectivity index (χ1v) is 6.88. The number of rotatable bonds is 4. The van der Waals surface area contributed by atoms with Gasteiger partial charge in [0, 0.05) is 17.9 Å². The molecule has 0 aliphatic carbocycles. The molecular formula is C15H11Cl3O. The first-order chi connectivity index (χ1) is 9.04. The second-order valence-corrected chi connectivity index (χ2v) is 5.52. The number of Topliss-reactive ketones (excluding diaryl/α,β-unsaturated/α-hetero) is 1. The predicted octanol–water partition coefficient (Wildman–Crippen LogP) is 5.00. The van der Waals surface area contributed by atoms with Crippen LogP contribution >= 0.6 is 34.8 Å². The molecule has 0 saturated heterocycles. The van der Waals surface area contributed by atoms with Crippen LogP contribution in [0.15, 0.2) is 42.5 Å². The molecule has 0 N–H and O–H groups in total. The molecule has 4 heteroatoms. The third-order valence-electron chi connectivity index (χ3n) is 2.68. The van der Waals surface area contributed by atoms with Gasteiger partial charge in [-0.15, -0.1) is 0 Å². The molecule has 0 aromatic heterocycles. The number of carbonyl (C=O) groups excluding carboxylic acids is 1. The van der Waals surface area contributed by atoms with Crippen molar-refractivity contribution in [2.45, 2.75) is 12.8 Å². The molecule has 0 aliphatic rings. The summed E-state index contributed by atoms with van der Waals surface area (Å²) in [6, 6.07) is 12.5. The summed E-state index contributed by atoms with van der Waals surface area (Å²) in [5.74, 6) is 0.112. The zero-order chi connectivity index (χ0) is 13.8. The van der Waals surface area contributed by atoms with Crippen LogP contribution in [0.25, 0.3) is 0 Å². The van der Waals surface area contributed by atoms with Crippen LogP contribution in [0.3, 0.4) is 0 Å². The summed E-state index contributed by atoms with van der Waals surface area (Å²) < 4.78 is 0. The smallest absolute Gasteiger partial charge is 0.141 e. The Labute approximate surface area is 127 Å². The van der Waals surface area contributed by atoms with E-state index in [1.165, 1.54) is 0 Å². The van der Waals surface area contributed by atoms with E-state index in [9.17, 15) is 4.79 Å².